The molecule has 1 aliphatic heterocycles. The first-order chi connectivity index (χ1) is 22.6. The quantitative estimate of drug-likeness (QED) is 0.130. The molecule has 1 aromatic rings. The van der Waals surface area contributed by atoms with E-state index in [9.17, 15) is 24.0 Å². The molecule has 4 rings (SSSR count). The van der Waals surface area contributed by atoms with E-state index in [-0.39, 0.29) is 36.1 Å². The fourth-order valence-electron chi connectivity index (χ4n) is 7.44. The largest absolute Gasteiger partial charge is 0.346 e. The van der Waals surface area contributed by atoms with Gasteiger partial charge in [-0.15, -0.1) is 18.3 Å². The third-order valence-corrected chi connectivity index (χ3v) is 11.5. The van der Waals surface area contributed by atoms with Gasteiger partial charge in [0.05, 0.1) is 16.6 Å². The molecule has 3 aliphatic rings. The van der Waals surface area contributed by atoms with E-state index in [1.165, 1.54) is 6.08 Å². The minimum atomic E-state index is -1.01. The SMILES string of the molecule is C=CCNC(=O)C(=O)C(CCC)NC(=O)[C@@H]1[C@@H]2[C@H](CN1C(=O)[C@@H](NC(=O)NC1(CSc3ccccn3)CCCCC1)C(C)(C)C)C2(C)C. The van der Waals surface area contributed by atoms with Crippen molar-refractivity contribution in [2.75, 3.05) is 18.8 Å². The molecule has 0 spiro atoms. The highest BCUT2D eigenvalue weighted by Crippen LogP contribution is 2.65. The smallest absolute Gasteiger partial charge is 0.315 e. The highest BCUT2D eigenvalue weighted by atomic mass is 32.2. The van der Waals surface area contributed by atoms with Gasteiger partial charge in [0, 0.05) is 25.0 Å². The number of ketones is 1. The first-order valence-electron chi connectivity index (χ1n) is 17.3. The lowest BCUT2D eigenvalue weighted by Gasteiger charge is -2.40. The normalized spacial score (nSPS) is 23.5. The Labute approximate surface area is 289 Å². The van der Waals surface area contributed by atoms with Crippen molar-refractivity contribution < 1.29 is 24.0 Å². The van der Waals surface area contributed by atoms with Crippen LogP contribution in [0.3, 0.4) is 0 Å². The van der Waals surface area contributed by atoms with E-state index in [0.29, 0.717) is 18.7 Å². The van der Waals surface area contributed by atoms with Crippen LogP contribution >= 0.6 is 11.8 Å². The Morgan fingerprint density at radius 3 is 2.42 bits per heavy atom. The number of amides is 5. The molecule has 1 aromatic heterocycles. The molecule has 11 nitrogen and oxygen atoms in total. The van der Waals surface area contributed by atoms with Gasteiger partial charge in [0.1, 0.15) is 12.1 Å². The molecule has 4 N–H and O–H groups in total. The molecule has 0 radical (unpaired) electrons. The predicted molar refractivity (Wildman–Crippen MR) is 187 cm³/mol. The van der Waals surface area contributed by atoms with Crippen LogP contribution in [0.15, 0.2) is 42.1 Å². The maximum atomic E-state index is 14.4. The fourth-order valence-corrected chi connectivity index (χ4v) is 8.53. The van der Waals surface area contributed by atoms with Crippen LogP contribution in [0.1, 0.15) is 86.5 Å². The number of Topliss-reactive ketones (excluding diaryl/α,β-unsaturated/α-hetero) is 1. The van der Waals surface area contributed by atoms with Crippen LogP contribution in [0.5, 0.6) is 0 Å². The van der Waals surface area contributed by atoms with Crippen molar-refractivity contribution in [3.63, 3.8) is 0 Å². The van der Waals surface area contributed by atoms with Gasteiger partial charge >= 0.3 is 6.03 Å². The zero-order chi connectivity index (χ0) is 35.3. The van der Waals surface area contributed by atoms with Crippen LogP contribution in [0.4, 0.5) is 4.79 Å². The molecule has 48 heavy (non-hydrogen) atoms. The van der Waals surface area contributed by atoms with Crippen molar-refractivity contribution in [3.8, 4) is 0 Å². The van der Waals surface area contributed by atoms with Crippen LogP contribution in [0, 0.1) is 22.7 Å². The number of nitrogens with one attached hydrogen (secondary N) is 4. The average molecular weight is 683 g/mol. The van der Waals surface area contributed by atoms with Crippen LogP contribution in [0.2, 0.25) is 0 Å². The molecule has 1 unspecified atom stereocenters. The summed E-state index contributed by atoms with van der Waals surface area (Å²) in [5, 5.41) is 12.5. The lowest BCUT2D eigenvalue weighted by atomic mass is 9.83. The number of likely N-dealkylation sites (tertiary alicyclic amines) is 1. The number of fused-ring (bicyclic) bond motifs is 1. The van der Waals surface area contributed by atoms with Crippen LogP contribution in [-0.2, 0) is 19.2 Å². The van der Waals surface area contributed by atoms with Gasteiger partial charge in [0.15, 0.2) is 0 Å². The highest BCUT2D eigenvalue weighted by molar-refractivity contribution is 7.99. The Morgan fingerprint density at radius 2 is 1.81 bits per heavy atom. The van der Waals surface area contributed by atoms with Gasteiger partial charge in [-0.3, -0.25) is 19.2 Å². The molecule has 5 amide bonds. The minimum absolute atomic E-state index is 0.100. The van der Waals surface area contributed by atoms with E-state index in [0.717, 1.165) is 37.1 Å². The molecule has 3 fully saturated rings. The predicted octanol–water partition coefficient (Wildman–Crippen LogP) is 4.23. The van der Waals surface area contributed by atoms with Crippen molar-refractivity contribution in [2.24, 2.45) is 22.7 Å². The third-order valence-electron chi connectivity index (χ3n) is 10.3. The van der Waals surface area contributed by atoms with Crippen molar-refractivity contribution in [1.82, 2.24) is 31.2 Å². The molecule has 264 valence electrons. The molecular formula is C36H54N6O5S. The Kier molecular flexibility index (Phi) is 12.0. The van der Waals surface area contributed by atoms with Crippen LogP contribution in [-0.4, -0.2) is 81.9 Å². The maximum absolute atomic E-state index is 14.4. The van der Waals surface area contributed by atoms with E-state index in [1.54, 1.807) is 22.9 Å². The van der Waals surface area contributed by atoms with Crippen molar-refractivity contribution in [1.29, 1.82) is 0 Å². The van der Waals surface area contributed by atoms with E-state index < -0.39 is 52.7 Å². The second-order valence-corrected chi connectivity index (χ2v) is 16.3. The number of nitrogens with zero attached hydrogens (tertiary/aromatic N) is 2. The van der Waals surface area contributed by atoms with E-state index in [4.69, 9.17) is 0 Å². The highest BCUT2D eigenvalue weighted by Gasteiger charge is 2.70. The van der Waals surface area contributed by atoms with Gasteiger partial charge in [-0.2, -0.15) is 0 Å². The molecular weight excluding hydrogens is 628 g/mol. The fraction of sp³-hybridized carbons (Fsp3) is 0.667. The number of aromatic nitrogens is 1. The Balaban J connectivity index is 1.51. The van der Waals surface area contributed by atoms with E-state index in [1.807, 2.05) is 45.9 Å². The average Bonchev–Trinajstić information content (AvgIpc) is 3.35. The number of urea groups is 1. The van der Waals surface area contributed by atoms with Gasteiger partial charge in [-0.1, -0.05) is 79.4 Å². The Morgan fingerprint density at radius 1 is 1.10 bits per heavy atom. The lowest BCUT2D eigenvalue weighted by molar-refractivity contribution is -0.145. The number of thioether (sulfide) groups is 1. The summed E-state index contributed by atoms with van der Waals surface area (Å²) in [6.07, 6.45) is 8.90. The van der Waals surface area contributed by atoms with Gasteiger partial charge in [0.2, 0.25) is 17.6 Å². The summed E-state index contributed by atoms with van der Waals surface area (Å²) >= 11 is 1.62. The van der Waals surface area contributed by atoms with Gasteiger partial charge in [-0.25, -0.2) is 9.78 Å². The number of pyridine rings is 1. The van der Waals surface area contributed by atoms with Gasteiger partial charge in [-0.05, 0) is 54.1 Å². The van der Waals surface area contributed by atoms with Crippen molar-refractivity contribution >= 4 is 41.3 Å². The van der Waals surface area contributed by atoms with E-state index in [2.05, 4.69) is 46.7 Å². The first kappa shape index (κ1) is 37.4. The second-order valence-electron chi connectivity index (χ2n) is 15.3. The topological polar surface area (TPSA) is 150 Å². The minimum Gasteiger partial charge on any atom is -0.346 e. The third kappa shape index (κ3) is 8.59. The number of carbonyl (C=O) groups excluding carboxylic acids is 5. The van der Waals surface area contributed by atoms with Crippen molar-refractivity contribution in [3.05, 3.63) is 37.1 Å². The van der Waals surface area contributed by atoms with Crippen LogP contribution < -0.4 is 21.3 Å². The van der Waals surface area contributed by atoms with Crippen LogP contribution in [0.25, 0.3) is 0 Å². The summed E-state index contributed by atoms with van der Waals surface area (Å²) < 4.78 is 0. The number of hydrogen-bond acceptors (Lipinski definition) is 7. The van der Waals surface area contributed by atoms with E-state index >= 15 is 0 Å². The standard InChI is InChI=1S/C36H54N6O5S/c1-8-15-24(28(43)31(45)38-19-9-2)39-30(44)27-26-23(35(26,6)7)21-42(27)32(46)29(34(3,4)5)40-33(47)41-36(17-12-10-13-18-36)22-48-25-16-11-14-20-37-25/h9,11,14,16,20,23-24,26-27,29H,2,8,10,12-13,15,17-19,21-22H2,1,3-7H3,(H,38,45)(H,39,44)(H2,40,41,47)/t23-,24?,26-,27-,29+/m0/s1. The number of rotatable bonds is 14. The summed E-state index contributed by atoms with van der Waals surface area (Å²) in [5.41, 5.74) is -1.26. The summed E-state index contributed by atoms with van der Waals surface area (Å²) in [6, 6.07) is 2.64. The van der Waals surface area contributed by atoms with Gasteiger partial charge < -0.3 is 26.2 Å². The zero-order valence-electron chi connectivity index (χ0n) is 29.4. The molecule has 0 bridgehead atoms. The second kappa shape index (κ2) is 15.4. The van der Waals surface area contributed by atoms with Gasteiger partial charge in [0.25, 0.3) is 5.91 Å². The summed E-state index contributed by atoms with van der Waals surface area (Å²) in [7, 11) is 0. The Hall–Kier alpha value is -3.41. The molecule has 5 atom stereocenters. The van der Waals surface area contributed by atoms with Crippen molar-refractivity contribution in [2.45, 2.75) is 115 Å². The molecule has 12 heteroatoms. The summed E-state index contributed by atoms with van der Waals surface area (Å²) in [6.45, 7) is 15.8. The molecule has 2 heterocycles. The number of piperidine rings is 1. The lowest BCUT2D eigenvalue weighted by Crippen LogP contribution is -2.63. The first-order valence-corrected chi connectivity index (χ1v) is 18.3. The molecule has 1 saturated heterocycles. The molecule has 2 aliphatic carbocycles. The molecule has 2 saturated carbocycles. The summed E-state index contributed by atoms with van der Waals surface area (Å²) in [4.78, 5) is 73.7. The Bertz CT molecular complexity index is 1360. The summed E-state index contributed by atoms with van der Waals surface area (Å²) in [5.74, 6) is -1.61. The number of hydrogen-bond donors (Lipinski definition) is 4. The maximum Gasteiger partial charge on any atom is 0.315 e. The number of carbonyl (C=O) groups is 5. The monoisotopic (exact) mass is 682 g/mol. The zero-order valence-corrected chi connectivity index (χ0v) is 30.2. The molecule has 0 aromatic carbocycles.